The quantitative estimate of drug-likeness (QED) is 0.135. The van der Waals surface area contributed by atoms with Crippen LogP contribution in [0.1, 0.15) is 92.3 Å². The first-order chi connectivity index (χ1) is 30.1. The van der Waals surface area contributed by atoms with E-state index >= 15 is 0 Å². The predicted molar refractivity (Wildman–Crippen MR) is 239 cm³/mol. The van der Waals surface area contributed by atoms with Crippen LogP contribution in [0.2, 0.25) is 0 Å². The highest BCUT2D eigenvalue weighted by molar-refractivity contribution is 5.84. The molecule has 2 aromatic heterocycles. The summed E-state index contributed by atoms with van der Waals surface area (Å²) in [5.41, 5.74) is 8.69. The average Bonchev–Trinajstić information content (AvgIpc) is 4.18. The fraction of sp³-hybridized carbons (Fsp3) is 0.373. The van der Waals surface area contributed by atoms with Gasteiger partial charge in [0, 0.05) is 26.2 Å². The van der Waals surface area contributed by atoms with Crippen LogP contribution in [0.3, 0.4) is 0 Å². The first kappa shape index (κ1) is 39.3. The molecule has 2 amide bonds. The Morgan fingerprint density at radius 1 is 0.574 bits per heavy atom. The normalized spacial score (nSPS) is 21.6. The molecule has 0 radical (unpaired) electrons. The van der Waals surface area contributed by atoms with Crippen molar-refractivity contribution >= 4 is 11.8 Å². The maximum Gasteiger partial charge on any atom is 0.245 e. The summed E-state index contributed by atoms with van der Waals surface area (Å²) in [6, 6.07) is 37.7. The van der Waals surface area contributed by atoms with Crippen LogP contribution >= 0.6 is 0 Å². The number of imidazole rings is 2. The Morgan fingerprint density at radius 3 is 1.72 bits per heavy atom. The highest BCUT2D eigenvalue weighted by atomic mass is 16.2. The monoisotopic (exact) mass is 812 g/mol. The Kier molecular flexibility index (Phi) is 11.4. The van der Waals surface area contributed by atoms with Crippen LogP contribution < -0.4 is 0 Å². The Morgan fingerprint density at radius 2 is 1.11 bits per heavy atom. The molecule has 10 nitrogen and oxygen atoms in total. The molecule has 312 valence electrons. The van der Waals surface area contributed by atoms with Crippen LogP contribution in [0.25, 0.3) is 33.6 Å². The number of carbonyl (C=O) groups is 2. The smallest absolute Gasteiger partial charge is 0.245 e. The van der Waals surface area contributed by atoms with Crippen LogP contribution in [0.4, 0.5) is 0 Å². The lowest BCUT2D eigenvalue weighted by molar-refractivity contribution is -0.139. The van der Waals surface area contributed by atoms with Crippen LogP contribution in [-0.2, 0) is 16.1 Å². The van der Waals surface area contributed by atoms with E-state index in [9.17, 15) is 9.59 Å². The Hall–Kier alpha value is -5.84. The summed E-state index contributed by atoms with van der Waals surface area (Å²) in [5, 5.41) is 0. The summed E-state index contributed by atoms with van der Waals surface area (Å²) >= 11 is 0. The third-order valence-electron chi connectivity index (χ3n) is 13.6. The van der Waals surface area contributed by atoms with Gasteiger partial charge in [-0.05, 0) is 98.0 Å². The lowest BCUT2D eigenvalue weighted by atomic mass is 10.00. The zero-order valence-electron chi connectivity index (χ0n) is 35.0. The van der Waals surface area contributed by atoms with Crippen LogP contribution in [0.15, 0.2) is 122 Å². The van der Waals surface area contributed by atoms with E-state index in [4.69, 9.17) is 9.97 Å². The maximum atomic E-state index is 14.4. The van der Waals surface area contributed by atoms with Crippen molar-refractivity contribution in [1.82, 2.24) is 39.5 Å². The summed E-state index contributed by atoms with van der Waals surface area (Å²) in [6.07, 6.45) is 12.0. The van der Waals surface area contributed by atoms with E-state index in [-0.39, 0.29) is 35.9 Å². The van der Waals surface area contributed by atoms with Crippen molar-refractivity contribution in [2.24, 2.45) is 5.92 Å². The number of hydrogen-bond donors (Lipinski definition) is 2. The van der Waals surface area contributed by atoms with Gasteiger partial charge >= 0.3 is 0 Å². The molecule has 0 saturated carbocycles. The molecule has 10 rings (SSSR count). The van der Waals surface area contributed by atoms with E-state index in [1.54, 1.807) is 0 Å². The van der Waals surface area contributed by atoms with Gasteiger partial charge in [0.15, 0.2) is 0 Å². The Labute approximate surface area is 359 Å². The highest BCUT2D eigenvalue weighted by Crippen LogP contribution is 2.38. The number of hydrogen-bond acceptors (Lipinski definition) is 6. The SMILES string of the molecule is O=C(C(c1ccccc1)N1CCCCC1)N1CCC[C@H]1c1ncc(-c2ccc(-c3ccc(-c4cnc([C@@H]5CCCN5C(=O)[C@@H]5CCN(Cc6ccccc6)C5)[nH]4)cc3)cc2)[nH]1. The highest BCUT2D eigenvalue weighted by Gasteiger charge is 2.40. The van der Waals surface area contributed by atoms with Gasteiger partial charge in [0.25, 0.3) is 0 Å². The zero-order valence-corrected chi connectivity index (χ0v) is 35.0. The minimum atomic E-state index is -0.255. The molecule has 4 atom stereocenters. The van der Waals surface area contributed by atoms with Crippen molar-refractivity contribution < 1.29 is 9.59 Å². The summed E-state index contributed by atoms with van der Waals surface area (Å²) in [4.78, 5) is 54.0. The third-order valence-corrected chi connectivity index (χ3v) is 13.6. The first-order valence-corrected chi connectivity index (χ1v) is 22.5. The molecule has 61 heavy (non-hydrogen) atoms. The molecule has 4 aliphatic heterocycles. The second-order valence-corrected chi connectivity index (χ2v) is 17.5. The molecule has 0 bridgehead atoms. The predicted octanol–water partition coefficient (Wildman–Crippen LogP) is 9.21. The van der Waals surface area contributed by atoms with Gasteiger partial charge in [-0.25, -0.2) is 9.97 Å². The second kappa shape index (κ2) is 17.6. The van der Waals surface area contributed by atoms with Gasteiger partial charge in [0.2, 0.25) is 11.8 Å². The topological polar surface area (TPSA) is 104 Å². The number of benzene rings is 4. The van der Waals surface area contributed by atoms with Gasteiger partial charge in [-0.2, -0.15) is 0 Å². The summed E-state index contributed by atoms with van der Waals surface area (Å²) in [5.74, 6) is 2.24. The van der Waals surface area contributed by atoms with Crippen molar-refractivity contribution in [2.75, 3.05) is 39.3 Å². The van der Waals surface area contributed by atoms with E-state index in [1.807, 2.05) is 36.7 Å². The van der Waals surface area contributed by atoms with Gasteiger partial charge in [-0.15, -0.1) is 0 Å². The van der Waals surface area contributed by atoms with Crippen LogP contribution in [0, 0.1) is 5.92 Å². The van der Waals surface area contributed by atoms with E-state index in [0.29, 0.717) is 0 Å². The number of nitrogens with zero attached hydrogens (tertiary/aromatic N) is 6. The van der Waals surface area contributed by atoms with Gasteiger partial charge in [0.05, 0.1) is 41.8 Å². The van der Waals surface area contributed by atoms with E-state index in [2.05, 4.69) is 114 Å². The Balaban J connectivity index is 0.775. The molecule has 4 saturated heterocycles. The summed E-state index contributed by atoms with van der Waals surface area (Å²) in [6.45, 7) is 6.13. The lowest BCUT2D eigenvalue weighted by Crippen LogP contribution is -2.44. The van der Waals surface area contributed by atoms with Gasteiger partial charge in [-0.1, -0.05) is 116 Å². The number of aromatic nitrogens is 4. The summed E-state index contributed by atoms with van der Waals surface area (Å²) in [7, 11) is 0. The van der Waals surface area contributed by atoms with E-state index in [0.717, 1.165) is 142 Å². The molecule has 6 aromatic rings. The van der Waals surface area contributed by atoms with E-state index < -0.39 is 0 Å². The van der Waals surface area contributed by atoms with Gasteiger partial charge in [0.1, 0.15) is 17.7 Å². The number of carbonyl (C=O) groups excluding carboxylic acids is 2. The van der Waals surface area contributed by atoms with Crippen molar-refractivity contribution in [3.63, 3.8) is 0 Å². The molecule has 10 heteroatoms. The molecule has 4 aliphatic rings. The molecule has 6 heterocycles. The van der Waals surface area contributed by atoms with Crippen molar-refractivity contribution in [2.45, 2.75) is 76.0 Å². The number of nitrogens with one attached hydrogen (secondary N) is 2. The zero-order chi connectivity index (χ0) is 41.1. The fourth-order valence-electron chi connectivity index (χ4n) is 10.4. The van der Waals surface area contributed by atoms with Gasteiger partial charge < -0.3 is 19.8 Å². The maximum absolute atomic E-state index is 14.4. The van der Waals surface area contributed by atoms with Crippen LogP contribution in [-0.4, -0.2) is 90.6 Å². The number of likely N-dealkylation sites (tertiary alicyclic amines) is 4. The fourth-order valence-corrected chi connectivity index (χ4v) is 10.4. The molecule has 4 fully saturated rings. The molecule has 0 spiro atoms. The van der Waals surface area contributed by atoms with Crippen molar-refractivity contribution in [3.8, 4) is 33.6 Å². The third kappa shape index (κ3) is 8.31. The van der Waals surface area contributed by atoms with Crippen LogP contribution in [0.5, 0.6) is 0 Å². The molecular formula is C51H56N8O2. The lowest BCUT2D eigenvalue weighted by Gasteiger charge is -2.37. The first-order valence-electron chi connectivity index (χ1n) is 22.5. The minimum Gasteiger partial charge on any atom is -0.340 e. The molecule has 4 aromatic carbocycles. The second-order valence-electron chi connectivity index (χ2n) is 17.5. The largest absolute Gasteiger partial charge is 0.340 e. The molecular weight excluding hydrogens is 757 g/mol. The average molecular weight is 813 g/mol. The molecule has 0 aliphatic carbocycles. The molecule has 1 unspecified atom stereocenters. The summed E-state index contributed by atoms with van der Waals surface area (Å²) < 4.78 is 0. The van der Waals surface area contributed by atoms with Crippen molar-refractivity contribution in [3.05, 3.63) is 144 Å². The number of amides is 2. The standard InChI is InChI=1S/C51H56N8O2/c60-50(42-26-31-56(35-42)34-36-12-4-1-5-13-36)58-29-10-16-45(58)48-52-32-43(54-48)39-22-18-37(19-23-39)38-20-24-40(25-21-38)44-33-53-49(55-44)46-17-11-30-59(46)51(61)47(41-14-6-2-7-15-41)57-27-8-3-9-28-57/h1-2,4-7,12-15,18-25,32-33,42,45-47H,3,8-11,16-17,26-31,34-35H2,(H,52,54)(H,53,55)/t42-,45+,46+,47?/m1/s1. The van der Waals surface area contributed by atoms with Crippen molar-refractivity contribution in [1.29, 1.82) is 0 Å². The van der Waals surface area contributed by atoms with E-state index in [1.165, 1.54) is 12.0 Å². The molecule has 2 N–H and O–H groups in total. The number of piperidine rings is 1. The van der Waals surface area contributed by atoms with Gasteiger partial charge in [-0.3, -0.25) is 19.4 Å². The minimum absolute atomic E-state index is 0.0100. The Bertz CT molecular complexity index is 2400. The number of rotatable bonds is 11. The number of H-pyrrole nitrogens is 2. The number of aromatic amines is 2.